The predicted octanol–water partition coefficient (Wildman–Crippen LogP) is 5.18. The van der Waals surface area contributed by atoms with Crippen LogP contribution < -0.4 is 10.2 Å². The number of nitrogens with one attached hydrogen (secondary N) is 1. The fourth-order valence-electron chi connectivity index (χ4n) is 2.40. The zero-order valence-corrected chi connectivity index (χ0v) is 16.4. The zero-order chi connectivity index (χ0) is 19.1. The number of halogens is 1. The molecule has 0 aromatic heterocycles. The SMILES string of the molecule is CC(=NNC(=O)c1ccc(OCc2ccccc2)cc1)c1ccc(Br)cc1. The molecule has 0 fully saturated rings. The van der Waals surface area contributed by atoms with Gasteiger partial charge in [0.2, 0.25) is 0 Å². The van der Waals surface area contributed by atoms with E-state index in [1.54, 1.807) is 24.3 Å². The Morgan fingerprint density at radius 3 is 2.22 bits per heavy atom. The van der Waals surface area contributed by atoms with Crippen molar-refractivity contribution in [3.63, 3.8) is 0 Å². The van der Waals surface area contributed by atoms with Crippen molar-refractivity contribution in [3.05, 3.63) is 100 Å². The van der Waals surface area contributed by atoms with E-state index >= 15 is 0 Å². The fourth-order valence-corrected chi connectivity index (χ4v) is 2.66. The first-order chi connectivity index (χ1) is 13.1. The van der Waals surface area contributed by atoms with E-state index < -0.39 is 0 Å². The zero-order valence-electron chi connectivity index (χ0n) is 14.9. The quantitative estimate of drug-likeness (QED) is 0.439. The molecule has 0 aliphatic rings. The van der Waals surface area contributed by atoms with Crippen LogP contribution in [-0.2, 0) is 6.61 Å². The highest BCUT2D eigenvalue weighted by molar-refractivity contribution is 9.10. The molecule has 0 heterocycles. The van der Waals surface area contributed by atoms with Gasteiger partial charge in [-0.05, 0) is 54.4 Å². The molecule has 3 rings (SSSR count). The minimum Gasteiger partial charge on any atom is -0.489 e. The number of carbonyl (C=O) groups is 1. The maximum atomic E-state index is 12.3. The van der Waals surface area contributed by atoms with Gasteiger partial charge in [-0.25, -0.2) is 5.43 Å². The Labute approximate surface area is 167 Å². The highest BCUT2D eigenvalue weighted by atomic mass is 79.9. The van der Waals surface area contributed by atoms with Gasteiger partial charge in [-0.3, -0.25) is 4.79 Å². The molecule has 0 aliphatic heterocycles. The Bertz CT molecular complexity index is 921. The molecular formula is C22H19BrN2O2. The van der Waals surface area contributed by atoms with Crippen molar-refractivity contribution in [2.24, 2.45) is 5.10 Å². The smallest absolute Gasteiger partial charge is 0.271 e. The lowest BCUT2D eigenvalue weighted by molar-refractivity contribution is 0.0955. The third-order valence-corrected chi connectivity index (χ3v) is 4.48. The van der Waals surface area contributed by atoms with Gasteiger partial charge in [-0.1, -0.05) is 58.4 Å². The Hall–Kier alpha value is -2.92. The molecule has 3 aromatic carbocycles. The van der Waals surface area contributed by atoms with Crippen molar-refractivity contribution in [2.75, 3.05) is 0 Å². The van der Waals surface area contributed by atoms with Crippen LogP contribution in [0.25, 0.3) is 0 Å². The van der Waals surface area contributed by atoms with Gasteiger partial charge in [0.25, 0.3) is 5.91 Å². The molecule has 3 aromatic rings. The molecule has 0 bridgehead atoms. The third kappa shape index (κ3) is 5.53. The number of amides is 1. The summed E-state index contributed by atoms with van der Waals surface area (Å²) in [6.07, 6.45) is 0. The van der Waals surface area contributed by atoms with Crippen molar-refractivity contribution >= 4 is 27.5 Å². The van der Waals surface area contributed by atoms with Crippen molar-refractivity contribution in [1.82, 2.24) is 5.43 Å². The molecule has 0 atom stereocenters. The van der Waals surface area contributed by atoms with E-state index in [0.717, 1.165) is 21.3 Å². The Kier molecular flexibility index (Phi) is 6.39. The molecule has 27 heavy (non-hydrogen) atoms. The summed E-state index contributed by atoms with van der Waals surface area (Å²) in [6.45, 7) is 2.34. The number of hydrogen-bond donors (Lipinski definition) is 1. The number of hydrazone groups is 1. The number of ether oxygens (including phenoxy) is 1. The second-order valence-corrected chi connectivity index (χ2v) is 6.86. The van der Waals surface area contributed by atoms with Crippen LogP contribution >= 0.6 is 15.9 Å². The highest BCUT2D eigenvalue weighted by Gasteiger charge is 2.06. The topological polar surface area (TPSA) is 50.7 Å². The number of carbonyl (C=O) groups excluding carboxylic acids is 1. The van der Waals surface area contributed by atoms with Crippen molar-refractivity contribution in [1.29, 1.82) is 0 Å². The molecule has 0 saturated heterocycles. The van der Waals surface area contributed by atoms with Crippen molar-refractivity contribution < 1.29 is 9.53 Å². The molecule has 4 nitrogen and oxygen atoms in total. The van der Waals surface area contributed by atoms with E-state index in [2.05, 4.69) is 26.5 Å². The molecule has 136 valence electrons. The lowest BCUT2D eigenvalue weighted by atomic mass is 10.1. The molecule has 1 N–H and O–H groups in total. The first-order valence-electron chi connectivity index (χ1n) is 8.49. The summed E-state index contributed by atoms with van der Waals surface area (Å²) >= 11 is 3.40. The third-order valence-electron chi connectivity index (χ3n) is 3.95. The van der Waals surface area contributed by atoms with Crippen LogP contribution in [0.5, 0.6) is 5.75 Å². The van der Waals surface area contributed by atoms with Crippen LogP contribution in [-0.4, -0.2) is 11.6 Å². The lowest BCUT2D eigenvalue weighted by Gasteiger charge is -2.07. The molecule has 0 saturated carbocycles. The van der Waals surface area contributed by atoms with E-state index in [-0.39, 0.29) is 5.91 Å². The molecule has 1 amide bonds. The number of rotatable bonds is 6. The second kappa shape index (κ2) is 9.14. The van der Waals surface area contributed by atoms with E-state index in [0.29, 0.717) is 17.9 Å². The van der Waals surface area contributed by atoms with E-state index in [1.807, 2.05) is 61.5 Å². The molecule has 5 heteroatoms. The minimum atomic E-state index is -0.263. The summed E-state index contributed by atoms with van der Waals surface area (Å²) in [5.41, 5.74) is 5.88. The molecule has 0 unspecified atom stereocenters. The average molecular weight is 423 g/mol. The van der Waals surface area contributed by atoms with Gasteiger partial charge < -0.3 is 4.74 Å². The molecular weight excluding hydrogens is 404 g/mol. The summed E-state index contributed by atoms with van der Waals surface area (Å²) in [6, 6.07) is 24.7. The van der Waals surface area contributed by atoms with Crippen LogP contribution in [0.2, 0.25) is 0 Å². The maximum Gasteiger partial charge on any atom is 0.271 e. The second-order valence-electron chi connectivity index (χ2n) is 5.94. The van der Waals surface area contributed by atoms with E-state index in [1.165, 1.54) is 0 Å². The van der Waals surface area contributed by atoms with E-state index in [4.69, 9.17) is 4.74 Å². The van der Waals surface area contributed by atoms with Gasteiger partial charge in [0, 0.05) is 10.0 Å². The average Bonchev–Trinajstić information content (AvgIpc) is 2.72. The van der Waals surface area contributed by atoms with Gasteiger partial charge in [-0.2, -0.15) is 5.10 Å². The Balaban J connectivity index is 1.57. The molecule has 0 spiro atoms. The Morgan fingerprint density at radius 2 is 1.56 bits per heavy atom. The van der Waals surface area contributed by atoms with Crippen LogP contribution in [0.15, 0.2) is 88.4 Å². The first-order valence-corrected chi connectivity index (χ1v) is 9.28. The minimum absolute atomic E-state index is 0.263. The summed E-state index contributed by atoms with van der Waals surface area (Å²) in [4.78, 5) is 12.3. The van der Waals surface area contributed by atoms with Gasteiger partial charge >= 0.3 is 0 Å². The summed E-state index contributed by atoms with van der Waals surface area (Å²) in [5, 5.41) is 4.17. The van der Waals surface area contributed by atoms with Crippen LogP contribution in [0.3, 0.4) is 0 Å². The largest absolute Gasteiger partial charge is 0.489 e. The van der Waals surface area contributed by atoms with Crippen molar-refractivity contribution in [2.45, 2.75) is 13.5 Å². The van der Waals surface area contributed by atoms with Gasteiger partial charge in [-0.15, -0.1) is 0 Å². The van der Waals surface area contributed by atoms with E-state index in [9.17, 15) is 4.79 Å². The molecule has 0 aliphatic carbocycles. The number of hydrogen-bond acceptors (Lipinski definition) is 3. The van der Waals surface area contributed by atoms with Crippen molar-refractivity contribution in [3.8, 4) is 5.75 Å². The summed E-state index contributed by atoms with van der Waals surface area (Å²) in [7, 11) is 0. The number of benzene rings is 3. The molecule has 0 radical (unpaired) electrons. The van der Waals surface area contributed by atoms with Gasteiger partial charge in [0.05, 0.1) is 5.71 Å². The van der Waals surface area contributed by atoms with Crippen LogP contribution in [0.4, 0.5) is 0 Å². The summed E-state index contributed by atoms with van der Waals surface area (Å²) in [5.74, 6) is 0.450. The Morgan fingerprint density at radius 1 is 0.926 bits per heavy atom. The first kappa shape index (κ1) is 18.9. The predicted molar refractivity (Wildman–Crippen MR) is 111 cm³/mol. The van der Waals surface area contributed by atoms with Gasteiger partial charge in [0.15, 0.2) is 0 Å². The highest BCUT2D eigenvalue weighted by Crippen LogP contribution is 2.15. The number of nitrogens with zero attached hydrogens (tertiary/aromatic N) is 1. The van der Waals surface area contributed by atoms with Gasteiger partial charge in [0.1, 0.15) is 12.4 Å². The fraction of sp³-hybridized carbons (Fsp3) is 0.0909. The summed E-state index contributed by atoms with van der Waals surface area (Å²) < 4.78 is 6.73. The normalized spacial score (nSPS) is 11.1. The monoisotopic (exact) mass is 422 g/mol. The maximum absolute atomic E-state index is 12.3. The van der Waals surface area contributed by atoms with Crippen LogP contribution in [0.1, 0.15) is 28.4 Å². The van der Waals surface area contributed by atoms with Crippen LogP contribution in [0, 0.1) is 0 Å². The lowest BCUT2D eigenvalue weighted by Crippen LogP contribution is -2.19. The standard InChI is InChI=1S/C22H19BrN2O2/c1-16(18-7-11-20(23)12-8-18)24-25-22(26)19-9-13-21(14-10-19)27-15-17-5-3-2-4-6-17/h2-14H,15H2,1H3,(H,25,26).